The lowest BCUT2D eigenvalue weighted by molar-refractivity contribution is 0.127. The molecule has 96 valence electrons. The molecule has 1 aromatic carbocycles. The highest BCUT2D eigenvalue weighted by atomic mass is 16.3. The summed E-state index contributed by atoms with van der Waals surface area (Å²) < 4.78 is 5.79. The zero-order valence-corrected chi connectivity index (χ0v) is 10.7. The number of hydrogen-bond donors (Lipinski definition) is 1. The van der Waals surface area contributed by atoms with Gasteiger partial charge in [-0.1, -0.05) is 19.1 Å². The van der Waals surface area contributed by atoms with Crippen molar-refractivity contribution in [3.63, 3.8) is 0 Å². The molecule has 18 heavy (non-hydrogen) atoms. The number of para-hydroxylation sites is 2. The Morgan fingerprint density at radius 2 is 2.22 bits per heavy atom. The van der Waals surface area contributed by atoms with Crippen LogP contribution in [0.15, 0.2) is 28.7 Å². The van der Waals surface area contributed by atoms with Gasteiger partial charge in [-0.3, -0.25) is 4.90 Å². The fourth-order valence-electron chi connectivity index (χ4n) is 2.37. The van der Waals surface area contributed by atoms with Gasteiger partial charge in [-0.15, -0.1) is 0 Å². The van der Waals surface area contributed by atoms with E-state index >= 15 is 0 Å². The van der Waals surface area contributed by atoms with Crippen molar-refractivity contribution >= 4 is 11.1 Å². The molecule has 0 unspecified atom stereocenters. The minimum Gasteiger partial charge on any atom is -0.439 e. The molecule has 0 amide bonds. The third-order valence-electron chi connectivity index (χ3n) is 3.46. The van der Waals surface area contributed by atoms with Gasteiger partial charge in [0, 0.05) is 19.1 Å². The average Bonchev–Trinajstić information content (AvgIpc) is 2.69. The van der Waals surface area contributed by atoms with E-state index < -0.39 is 0 Å². The van der Waals surface area contributed by atoms with Crippen LogP contribution in [0.25, 0.3) is 11.1 Å². The van der Waals surface area contributed by atoms with Crippen molar-refractivity contribution < 1.29 is 4.42 Å². The molecule has 1 aromatic heterocycles. The van der Waals surface area contributed by atoms with Gasteiger partial charge in [0.1, 0.15) is 5.52 Å². The molecular formula is C14H19N3O. The van der Waals surface area contributed by atoms with Crippen LogP contribution in [-0.2, 0) is 6.54 Å². The average molecular weight is 245 g/mol. The van der Waals surface area contributed by atoms with E-state index in [1.54, 1.807) is 0 Å². The Kier molecular flexibility index (Phi) is 3.30. The van der Waals surface area contributed by atoms with Gasteiger partial charge in [0.15, 0.2) is 5.58 Å². The number of aromatic nitrogens is 1. The van der Waals surface area contributed by atoms with Gasteiger partial charge < -0.3 is 9.73 Å². The van der Waals surface area contributed by atoms with Crippen molar-refractivity contribution in [1.29, 1.82) is 0 Å². The minimum atomic E-state index is 0.639. The third kappa shape index (κ3) is 2.26. The molecule has 1 fully saturated rings. The molecule has 1 aliphatic rings. The van der Waals surface area contributed by atoms with E-state index in [2.05, 4.69) is 22.1 Å². The highest BCUT2D eigenvalue weighted by Crippen LogP contribution is 2.17. The van der Waals surface area contributed by atoms with Crippen LogP contribution in [0.4, 0.5) is 0 Å². The number of oxazole rings is 1. The van der Waals surface area contributed by atoms with Gasteiger partial charge in [0.2, 0.25) is 5.89 Å². The largest absolute Gasteiger partial charge is 0.439 e. The molecule has 4 nitrogen and oxygen atoms in total. The van der Waals surface area contributed by atoms with Gasteiger partial charge in [-0.25, -0.2) is 4.98 Å². The van der Waals surface area contributed by atoms with Gasteiger partial charge in [-0.05, 0) is 25.1 Å². The predicted octanol–water partition coefficient (Wildman–Crippen LogP) is 2.01. The number of nitrogens with one attached hydrogen (secondary N) is 1. The summed E-state index contributed by atoms with van der Waals surface area (Å²) in [6, 6.07) is 8.59. The first kappa shape index (κ1) is 11.7. The molecule has 0 spiro atoms. The Morgan fingerprint density at radius 1 is 1.39 bits per heavy atom. The van der Waals surface area contributed by atoms with Crippen LogP contribution in [0.3, 0.4) is 0 Å². The lowest BCUT2D eigenvalue weighted by Gasteiger charge is -2.37. The van der Waals surface area contributed by atoms with Crippen LogP contribution in [-0.4, -0.2) is 35.6 Å². The van der Waals surface area contributed by atoms with Gasteiger partial charge in [0.25, 0.3) is 0 Å². The maximum absolute atomic E-state index is 5.79. The van der Waals surface area contributed by atoms with Crippen molar-refractivity contribution in [1.82, 2.24) is 15.2 Å². The summed E-state index contributed by atoms with van der Waals surface area (Å²) in [5.41, 5.74) is 1.84. The summed E-state index contributed by atoms with van der Waals surface area (Å²) in [5.74, 6) is 0.830. The van der Waals surface area contributed by atoms with Gasteiger partial charge in [-0.2, -0.15) is 0 Å². The van der Waals surface area contributed by atoms with Crippen LogP contribution < -0.4 is 5.32 Å². The topological polar surface area (TPSA) is 41.3 Å². The molecule has 3 rings (SSSR count). The lowest BCUT2D eigenvalue weighted by atomic mass is 10.1. The zero-order chi connectivity index (χ0) is 12.4. The van der Waals surface area contributed by atoms with Crippen LogP contribution in [0.2, 0.25) is 0 Å². The van der Waals surface area contributed by atoms with E-state index in [0.29, 0.717) is 6.04 Å². The molecule has 2 heterocycles. The molecule has 1 saturated heterocycles. The van der Waals surface area contributed by atoms with Crippen LogP contribution >= 0.6 is 0 Å². The molecule has 0 radical (unpaired) electrons. The highest BCUT2D eigenvalue weighted by Gasteiger charge is 2.25. The summed E-state index contributed by atoms with van der Waals surface area (Å²) in [5, 5.41) is 3.32. The summed E-state index contributed by atoms with van der Waals surface area (Å²) in [6.07, 6.45) is 1.16. The highest BCUT2D eigenvalue weighted by molar-refractivity contribution is 5.72. The number of rotatable bonds is 5. The fourth-order valence-corrected chi connectivity index (χ4v) is 2.37. The number of fused-ring (bicyclic) bond motifs is 1. The molecular weight excluding hydrogens is 226 g/mol. The lowest BCUT2D eigenvalue weighted by Crippen LogP contribution is -2.57. The first-order valence-electron chi connectivity index (χ1n) is 6.66. The Labute approximate surface area is 107 Å². The summed E-state index contributed by atoms with van der Waals surface area (Å²) in [6.45, 7) is 6.30. The molecule has 0 bridgehead atoms. The number of benzene rings is 1. The molecule has 2 aromatic rings. The quantitative estimate of drug-likeness (QED) is 0.875. The van der Waals surface area contributed by atoms with E-state index in [-0.39, 0.29) is 0 Å². The molecule has 1 aliphatic heterocycles. The minimum absolute atomic E-state index is 0.639. The summed E-state index contributed by atoms with van der Waals surface area (Å²) >= 11 is 0. The van der Waals surface area contributed by atoms with Crippen molar-refractivity contribution in [3.05, 3.63) is 30.2 Å². The van der Waals surface area contributed by atoms with E-state index in [1.807, 2.05) is 24.3 Å². The predicted molar refractivity (Wildman–Crippen MR) is 71.4 cm³/mol. The molecule has 4 heteroatoms. The Bertz CT molecular complexity index is 485. The maximum Gasteiger partial charge on any atom is 0.209 e. The Balaban J connectivity index is 1.76. The van der Waals surface area contributed by atoms with Gasteiger partial charge >= 0.3 is 0 Å². The third-order valence-corrected chi connectivity index (χ3v) is 3.46. The first-order valence-corrected chi connectivity index (χ1v) is 6.66. The second-order valence-electron chi connectivity index (χ2n) is 4.86. The smallest absolute Gasteiger partial charge is 0.209 e. The normalized spacial score (nSPS) is 16.3. The summed E-state index contributed by atoms with van der Waals surface area (Å²) in [7, 11) is 0. The van der Waals surface area contributed by atoms with Gasteiger partial charge in [0.05, 0.1) is 6.54 Å². The Morgan fingerprint density at radius 3 is 2.89 bits per heavy atom. The van der Waals surface area contributed by atoms with Crippen molar-refractivity contribution in [2.75, 3.05) is 19.6 Å². The standard InChI is InChI=1S/C14H19N3O/c1-2-7-17(11-8-15-9-11)10-14-16-12-5-3-4-6-13(12)18-14/h3-6,11,15H,2,7-10H2,1H3. The van der Waals surface area contributed by atoms with Crippen LogP contribution in [0, 0.1) is 0 Å². The van der Waals surface area contributed by atoms with E-state index in [4.69, 9.17) is 4.42 Å². The van der Waals surface area contributed by atoms with Crippen molar-refractivity contribution in [2.45, 2.75) is 25.9 Å². The van der Waals surface area contributed by atoms with E-state index in [9.17, 15) is 0 Å². The Hall–Kier alpha value is -1.39. The zero-order valence-electron chi connectivity index (χ0n) is 10.7. The maximum atomic E-state index is 5.79. The molecule has 1 N–H and O–H groups in total. The first-order chi connectivity index (χ1) is 8.86. The number of nitrogens with zero attached hydrogens (tertiary/aromatic N) is 2. The SMILES string of the molecule is CCCN(Cc1nc2ccccc2o1)C1CNC1. The molecule has 0 atom stereocenters. The molecule has 0 aliphatic carbocycles. The van der Waals surface area contributed by atoms with Crippen molar-refractivity contribution in [3.8, 4) is 0 Å². The van der Waals surface area contributed by atoms with E-state index in [1.165, 1.54) is 0 Å². The van der Waals surface area contributed by atoms with Crippen LogP contribution in [0.5, 0.6) is 0 Å². The second kappa shape index (κ2) is 5.08. The second-order valence-corrected chi connectivity index (χ2v) is 4.86. The fraction of sp³-hybridized carbons (Fsp3) is 0.500. The van der Waals surface area contributed by atoms with E-state index in [0.717, 1.165) is 49.6 Å². The van der Waals surface area contributed by atoms with Crippen LogP contribution in [0.1, 0.15) is 19.2 Å². The summed E-state index contributed by atoms with van der Waals surface area (Å²) in [4.78, 5) is 7.01. The number of hydrogen-bond acceptors (Lipinski definition) is 4. The molecule has 0 saturated carbocycles. The monoisotopic (exact) mass is 245 g/mol. The van der Waals surface area contributed by atoms with Crippen molar-refractivity contribution in [2.24, 2.45) is 0 Å².